The number of carbonyl (C=O) groups excluding carboxylic acids is 1. The molecule has 24 heavy (non-hydrogen) atoms. The maximum atomic E-state index is 12.3. The van der Waals surface area contributed by atoms with E-state index in [-0.39, 0.29) is 18.2 Å². The van der Waals surface area contributed by atoms with Crippen molar-refractivity contribution in [3.8, 4) is 0 Å². The monoisotopic (exact) mass is 335 g/mol. The van der Waals surface area contributed by atoms with Crippen LogP contribution in [0.25, 0.3) is 0 Å². The lowest BCUT2D eigenvalue weighted by Crippen LogP contribution is -2.50. The third-order valence-electron chi connectivity index (χ3n) is 4.58. The van der Waals surface area contributed by atoms with Crippen molar-refractivity contribution in [2.24, 2.45) is 0 Å². The minimum absolute atomic E-state index is 0.132. The largest absolute Gasteiger partial charge is 0.444 e. The highest BCUT2D eigenvalue weighted by molar-refractivity contribution is 5.68. The molecule has 2 atom stereocenters. The first-order valence-electron chi connectivity index (χ1n) is 8.99. The normalized spacial score (nSPS) is 22.3. The first-order chi connectivity index (χ1) is 11.3. The number of hydrogen-bond acceptors (Lipinski definition) is 5. The molecule has 2 unspecified atom stereocenters. The van der Waals surface area contributed by atoms with Gasteiger partial charge in [-0.1, -0.05) is 0 Å². The zero-order valence-electron chi connectivity index (χ0n) is 15.2. The molecule has 0 radical (unpaired) electrons. The van der Waals surface area contributed by atoms with Crippen LogP contribution in [-0.4, -0.2) is 50.5 Å². The Bertz CT molecular complexity index is 592. The van der Waals surface area contributed by atoms with Crippen molar-refractivity contribution in [3.05, 3.63) is 11.6 Å². The van der Waals surface area contributed by atoms with Gasteiger partial charge in [0.1, 0.15) is 17.2 Å². The van der Waals surface area contributed by atoms with Crippen molar-refractivity contribution in [3.63, 3.8) is 0 Å². The lowest BCUT2D eigenvalue weighted by Gasteiger charge is -2.35. The summed E-state index contributed by atoms with van der Waals surface area (Å²) < 4.78 is 7.72. The van der Waals surface area contributed by atoms with E-state index in [1.165, 1.54) is 0 Å². The lowest BCUT2D eigenvalue weighted by atomic mass is 10.0. The van der Waals surface area contributed by atoms with Crippen LogP contribution < -0.4 is 5.32 Å². The highest BCUT2D eigenvalue weighted by Gasteiger charge is 2.29. The predicted octanol–water partition coefficient (Wildman–Crippen LogP) is 2.27. The van der Waals surface area contributed by atoms with Gasteiger partial charge in [-0.2, -0.15) is 0 Å². The molecule has 0 aromatic carbocycles. The Hall–Kier alpha value is -1.63. The molecule has 1 N–H and O–H groups in total. The highest BCUT2D eigenvalue weighted by Crippen LogP contribution is 2.21. The molecule has 1 saturated heterocycles. The molecule has 3 rings (SSSR count). The van der Waals surface area contributed by atoms with Crippen molar-refractivity contribution in [1.29, 1.82) is 0 Å². The summed E-state index contributed by atoms with van der Waals surface area (Å²) in [7, 11) is 0. The van der Waals surface area contributed by atoms with E-state index >= 15 is 0 Å². The number of rotatable bonds is 3. The van der Waals surface area contributed by atoms with Gasteiger partial charge < -0.3 is 19.5 Å². The maximum absolute atomic E-state index is 12.3. The molecular weight excluding hydrogens is 306 g/mol. The number of ether oxygens (including phenoxy) is 1. The van der Waals surface area contributed by atoms with Crippen molar-refractivity contribution < 1.29 is 9.53 Å². The molecule has 134 valence electrons. The van der Waals surface area contributed by atoms with Crippen LogP contribution in [-0.2, 0) is 17.7 Å². The van der Waals surface area contributed by atoms with Gasteiger partial charge in [0.15, 0.2) is 0 Å². The number of nitrogens with one attached hydrogen (secondary N) is 1. The van der Waals surface area contributed by atoms with Crippen molar-refractivity contribution in [2.75, 3.05) is 13.1 Å². The summed E-state index contributed by atoms with van der Waals surface area (Å²) in [6.45, 7) is 10.3. The first-order valence-corrected chi connectivity index (χ1v) is 8.99. The van der Waals surface area contributed by atoms with Crippen LogP contribution in [0.4, 0.5) is 4.79 Å². The molecule has 2 aliphatic rings. The predicted molar refractivity (Wildman–Crippen MR) is 90.7 cm³/mol. The van der Waals surface area contributed by atoms with Crippen LogP contribution >= 0.6 is 0 Å². The number of amides is 1. The molecule has 1 aromatic heterocycles. The van der Waals surface area contributed by atoms with Gasteiger partial charge >= 0.3 is 6.09 Å². The van der Waals surface area contributed by atoms with E-state index in [0.29, 0.717) is 6.54 Å². The molecule has 0 bridgehead atoms. The molecule has 0 spiro atoms. The maximum Gasteiger partial charge on any atom is 0.410 e. The fourth-order valence-electron chi connectivity index (χ4n) is 3.53. The molecule has 0 aliphatic carbocycles. The fourth-order valence-corrected chi connectivity index (χ4v) is 3.53. The Morgan fingerprint density at radius 1 is 1.29 bits per heavy atom. The van der Waals surface area contributed by atoms with E-state index in [4.69, 9.17) is 4.74 Å². The zero-order chi connectivity index (χ0) is 17.3. The molecule has 0 saturated carbocycles. The summed E-state index contributed by atoms with van der Waals surface area (Å²) >= 11 is 0. The number of aryl methyl sites for hydroxylation is 1. The Kier molecular flexibility index (Phi) is 4.80. The van der Waals surface area contributed by atoms with Gasteiger partial charge in [-0.3, -0.25) is 0 Å². The Morgan fingerprint density at radius 2 is 2.08 bits per heavy atom. The smallest absolute Gasteiger partial charge is 0.410 e. The molecule has 3 heterocycles. The molecule has 1 aromatic rings. The van der Waals surface area contributed by atoms with E-state index in [1.807, 2.05) is 25.7 Å². The number of hydrogen-bond donors (Lipinski definition) is 1. The summed E-state index contributed by atoms with van der Waals surface area (Å²) in [5.41, 5.74) is -0.452. The van der Waals surface area contributed by atoms with E-state index < -0.39 is 5.60 Å². The molecule has 2 aliphatic heterocycles. The number of piperidine rings is 1. The number of carbonyl (C=O) groups is 1. The highest BCUT2D eigenvalue weighted by atomic mass is 16.6. The fraction of sp³-hybridized carbons (Fsp3) is 0.824. The van der Waals surface area contributed by atoms with E-state index in [0.717, 1.165) is 50.4 Å². The van der Waals surface area contributed by atoms with Gasteiger partial charge in [0.2, 0.25) is 0 Å². The van der Waals surface area contributed by atoms with Crippen LogP contribution in [0, 0.1) is 0 Å². The second kappa shape index (κ2) is 6.70. The third-order valence-corrected chi connectivity index (χ3v) is 4.58. The van der Waals surface area contributed by atoms with Gasteiger partial charge in [0.05, 0.1) is 6.04 Å². The molecule has 1 amide bonds. The van der Waals surface area contributed by atoms with Crippen LogP contribution in [0.1, 0.15) is 64.6 Å². The topological polar surface area (TPSA) is 72.3 Å². The molecular formula is C17H29N5O2. The van der Waals surface area contributed by atoms with Gasteiger partial charge in [0, 0.05) is 32.1 Å². The average molecular weight is 335 g/mol. The van der Waals surface area contributed by atoms with Crippen LogP contribution in [0.5, 0.6) is 0 Å². The first kappa shape index (κ1) is 17.2. The number of aromatic nitrogens is 3. The van der Waals surface area contributed by atoms with E-state index in [9.17, 15) is 4.79 Å². The summed E-state index contributed by atoms with van der Waals surface area (Å²) in [4.78, 5) is 14.1. The average Bonchev–Trinajstić information content (AvgIpc) is 3.08. The second-order valence-electron chi connectivity index (χ2n) is 7.88. The standard InChI is InChI=1S/C17H29N5O2/c1-12(15-20-19-14-8-6-10-22(14)15)18-13-7-5-9-21(11-13)16(23)24-17(2,3)4/h12-13,18H,5-11H2,1-4H3. The minimum Gasteiger partial charge on any atom is -0.444 e. The number of fused-ring (bicyclic) bond motifs is 1. The summed E-state index contributed by atoms with van der Waals surface area (Å²) in [5, 5.41) is 12.3. The number of nitrogens with zero attached hydrogens (tertiary/aromatic N) is 4. The minimum atomic E-state index is -0.452. The van der Waals surface area contributed by atoms with E-state index in [2.05, 4.69) is 27.0 Å². The molecule has 7 nitrogen and oxygen atoms in total. The van der Waals surface area contributed by atoms with E-state index in [1.54, 1.807) is 0 Å². The summed E-state index contributed by atoms with van der Waals surface area (Å²) in [6, 6.07) is 0.392. The van der Waals surface area contributed by atoms with Crippen LogP contribution in [0.2, 0.25) is 0 Å². The van der Waals surface area contributed by atoms with Gasteiger partial charge in [0.25, 0.3) is 0 Å². The van der Waals surface area contributed by atoms with Crippen LogP contribution in [0.3, 0.4) is 0 Å². The summed E-state index contributed by atoms with van der Waals surface area (Å²) in [6.07, 6.45) is 4.01. The lowest BCUT2D eigenvalue weighted by molar-refractivity contribution is 0.0183. The third kappa shape index (κ3) is 3.88. The summed E-state index contributed by atoms with van der Waals surface area (Å²) in [5.74, 6) is 2.11. The number of likely N-dealkylation sites (tertiary alicyclic amines) is 1. The van der Waals surface area contributed by atoms with Crippen molar-refractivity contribution >= 4 is 6.09 Å². The van der Waals surface area contributed by atoms with Crippen LogP contribution in [0.15, 0.2) is 0 Å². The zero-order valence-corrected chi connectivity index (χ0v) is 15.2. The Morgan fingerprint density at radius 3 is 2.83 bits per heavy atom. The quantitative estimate of drug-likeness (QED) is 0.917. The van der Waals surface area contributed by atoms with Gasteiger partial charge in [-0.15, -0.1) is 10.2 Å². The van der Waals surface area contributed by atoms with Crippen molar-refractivity contribution in [1.82, 2.24) is 25.0 Å². The van der Waals surface area contributed by atoms with Gasteiger partial charge in [-0.05, 0) is 47.0 Å². The molecule has 7 heteroatoms. The Labute approximate surface area is 143 Å². The Balaban J connectivity index is 1.58. The SMILES string of the molecule is CC(NC1CCCN(C(=O)OC(C)(C)C)C1)c1nnc2n1CCC2. The van der Waals surface area contributed by atoms with Crippen molar-refractivity contribution in [2.45, 2.75) is 77.6 Å². The van der Waals surface area contributed by atoms with Gasteiger partial charge in [-0.25, -0.2) is 4.79 Å². The molecule has 1 fully saturated rings. The second-order valence-corrected chi connectivity index (χ2v) is 7.88.